The Labute approximate surface area is 167 Å². The molecular weight excluding hydrogens is 399 g/mol. The van der Waals surface area contributed by atoms with Crippen molar-refractivity contribution in [3.05, 3.63) is 53.0 Å². The van der Waals surface area contributed by atoms with Crippen LogP contribution in [0.2, 0.25) is 0 Å². The minimum Gasteiger partial charge on any atom is -0.327 e. The molecule has 2 aromatic heterocycles. The number of benzene rings is 1. The lowest BCUT2D eigenvalue weighted by atomic mass is 10.1. The summed E-state index contributed by atoms with van der Waals surface area (Å²) in [6.45, 7) is -0.294. The lowest BCUT2D eigenvalue weighted by Gasteiger charge is -2.12. The van der Waals surface area contributed by atoms with E-state index in [9.17, 15) is 17.6 Å². The van der Waals surface area contributed by atoms with E-state index in [1.54, 1.807) is 12.1 Å². The standard InChI is InChI=1S/C18H21FN6O3S/c1-23(2)29(27,28)14-6-4-5-12(9-14)15-16-17(22-11-21-15)25(18(26)24(16)3)10-13(19)7-8-20/h4-7,9,11H,8,10,20H2,1-3H3/b13-7-. The average Bonchev–Trinajstić information content (AvgIpc) is 2.93. The molecule has 3 rings (SSSR count). The van der Waals surface area contributed by atoms with Gasteiger partial charge in [-0.2, -0.15) is 0 Å². The zero-order valence-corrected chi connectivity index (χ0v) is 17.0. The summed E-state index contributed by atoms with van der Waals surface area (Å²) in [7, 11) is 0.763. The molecule has 0 radical (unpaired) electrons. The average molecular weight is 420 g/mol. The Morgan fingerprint density at radius 2 is 2.03 bits per heavy atom. The fourth-order valence-electron chi connectivity index (χ4n) is 2.96. The molecule has 0 amide bonds. The number of aromatic nitrogens is 4. The van der Waals surface area contributed by atoms with Crippen molar-refractivity contribution in [2.45, 2.75) is 11.4 Å². The number of nitrogens with zero attached hydrogens (tertiary/aromatic N) is 5. The molecule has 0 aliphatic rings. The van der Waals surface area contributed by atoms with Crippen LogP contribution in [0, 0.1) is 0 Å². The SMILES string of the molecule is CN(C)S(=O)(=O)c1cccc(-c2ncnc3c2n(C)c(=O)n3C/C(F)=C/CN)c1. The van der Waals surface area contributed by atoms with Crippen LogP contribution < -0.4 is 11.4 Å². The van der Waals surface area contributed by atoms with Crippen LogP contribution in [0.4, 0.5) is 4.39 Å². The summed E-state index contributed by atoms with van der Waals surface area (Å²) in [6.07, 6.45) is 2.44. The van der Waals surface area contributed by atoms with Gasteiger partial charge in [0.15, 0.2) is 5.65 Å². The third-order valence-electron chi connectivity index (χ3n) is 4.45. The molecule has 0 aliphatic heterocycles. The van der Waals surface area contributed by atoms with Crippen LogP contribution >= 0.6 is 0 Å². The van der Waals surface area contributed by atoms with Crippen LogP contribution in [0.5, 0.6) is 0 Å². The Morgan fingerprint density at radius 1 is 1.31 bits per heavy atom. The second-order valence-corrected chi connectivity index (χ2v) is 8.68. The van der Waals surface area contributed by atoms with Gasteiger partial charge in [0.05, 0.1) is 17.1 Å². The Morgan fingerprint density at radius 3 is 2.69 bits per heavy atom. The van der Waals surface area contributed by atoms with Crippen molar-refractivity contribution in [2.24, 2.45) is 12.8 Å². The smallest absolute Gasteiger partial charge is 0.327 e. The molecule has 0 atom stereocenters. The van der Waals surface area contributed by atoms with Crippen molar-refractivity contribution >= 4 is 21.2 Å². The Hall–Kier alpha value is -2.89. The zero-order chi connectivity index (χ0) is 21.3. The van der Waals surface area contributed by atoms with E-state index >= 15 is 0 Å². The zero-order valence-electron chi connectivity index (χ0n) is 16.2. The van der Waals surface area contributed by atoms with Crippen LogP contribution in [-0.2, 0) is 23.6 Å². The van der Waals surface area contributed by atoms with Crippen LogP contribution in [0.3, 0.4) is 0 Å². The molecule has 11 heteroatoms. The molecule has 3 aromatic rings. The summed E-state index contributed by atoms with van der Waals surface area (Å²) in [5.41, 5.74) is 6.32. The summed E-state index contributed by atoms with van der Waals surface area (Å²) in [5, 5.41) is 0. The van der Waals surface area contributed by atoms with Crippen LogP contribution in [0.1, 0.15) is 0 Å². The number of fused-ring (bicyclic) bond motifs is 1. The molecule has 2 heterocycles. The lowest BCUT2D eigenvalue weighted by Crippen LogP contribution is -2.23. The van der Waals surface area contributed by atoms with E-state index in [4.69, 9.17) is 5.73 Å². The van der Waals surface area contributed by atoms with E-state index in [0.717, 1.165) is 4.31 Å². The molecule has 29 heavy (non-hydrogen) atoms. The highest BCUT2D eigenvalue weighted by Crippen LogP contribution is 2.27. The third-order valence-corrected chi connectivity index (χ3v) is 6.26. The lowest BCUT2D eigenvalue weighted by molar-refractivity contribution is 0.521. The highest BCUT2D eigenvalue weighted by atomic mass is 32.2. The fraction of sp³-hybridized carbons (Fsp3) is 0.278. The predicted octanol–water partition coefficient (Wildman–Crippen LogP) is 0.859. The number of halogens is 1. The van der Waals surface area contributed by atoms with Crippen molar-refractivity contribution in [1.82, 2.24) is 23.4 Å². The maximum absolute atomic E-state index is 14.0. The maximum Gasteiger partial charge on any atom is 0.330 e. The molecule has 154 valence electrons. The number of nitrogens with two attached hydrogens (primary N) is 1. The molecule has 9 nitrogen and oxygen atoms in total. The van der Waals surface area contributed by atoms with Gasteiger partial charge < -0.3 is 5.73 Å². The number of rotatable bonds is 6. The first-order chi connectivity index (χ1) is 13.7. The van der Waals surface area contributed by atoms with E-state index < -0.39 is 21.5 Å². The maximum atomic E-state index is 14.0. The Bertz CT molecular complexity index is 1260. The number of aryl methyl sites for hydroxylation is 1. The van der Waals surface area contributed by atoms with Gasteiger partial charge in [0.2, 0.25) is 10.0 Å². The fourth-order valence-corrected chi connectivity index (χ4v) is 3.90. The van der Waals surface area contributed by atoms with Gasteiger partial charge in [-0.1, -0.05) is 12.1 Å². The van der Waals surface area contributed by atoms with Gasteiger partial charge in [0.1, 0.15) is 17.7 Å². The van der Waals surface area contributed by atoms with E-state index in [0.29, 0.717) is 16.8 Å². The normalized spacial score (nSPS) is 12.8. The number of hydrogen-bond acceptors (Lipinski definition) is 6. The van der Waals surface area contributed by atoms with Crippen molar-refractivity contribution in [1.29, 1.82) is 0 Å². The molecule has 0 saturated heterocycles. The minimum absolute atomic E-state index is 0.0126. The van der Waals surface area contributed by atoms with Gasteiger partial charge in [-0.05, 0) is 18.2 Å². The van der Waals surface area contributed by atoms with Gasteiger partial charge in [0.25, 0.3) is 0 Å². The van der Waals surface area contributed by atoms with E-state index in [2.05, 4.69) is 9.97 Å². The van der Waals surface area contributed by atoms with Crippen LogP contribution in [0.15, 0.2) is 52.2 Å². The molecule has 0 aliphatic carbocycles. The first-order valence-corrected chi connectivity index (χ1v) is 10.1. The molecule has 0 fully saturated rings. The largest absolute Gasteiger partial charge is 0.330 e. The number of allylic oxidation sites excluding steroid dienone is 1. The quantitative estimate of drug-likeness (QED) is 0.632. The second kappa shape index (κ2) is 7.85. The first-order valence-electron chi connectivity index (χ1n) is 8.66. The highest BCUT2D eigenvalue weighted by Gasteiger charge is 2.21. The molecule has 0 bridgehead atoms. The number of imidazole rings is 1. The van der Waals surface area contributed by atoms with Crippen molar-refractivity contribution < 1.29 is 12.8 Å². The molecule has 0 saturated carbocycles. The molecular formula is C18H21FN6O3S. The molecule has 0 spiro atoms. The second-order valence-electron chi connectivity index (χ2n) is 6.52. The van der Waals surface area contributed by atoms with E-state index in [-0.39, 0.29) is 23.6 Å². The van der Waals surface area contributed by atoms with Crippen LogP contribution in [0.25, 0.3) is 22.4 Å². The minimum atomic E-state index is -3.65. The van der Waals surface area contributed by atoms with Gasteiger partial charge in [-0.3, -0.25) is 9.13 Å². The molecule has 1 aromatic carbocycles. The number of sulfonamides is 1. The summed E-state index contributed by atoms with van der Waals surface area (Å²) in [6, 6.07) is 6.24. The Kier molecular flexibility index (Phi) is 5.64. The summed E-state index contributed by atoms with van der Waals surface area (Å²) < 4.78 is 42.5. The molecule has 2 N–H and O–H groups in total. The van der Waals surface area contributed by atoms with Crippen molar-refractivity contribution in [3.8, 4) is 11.3 Å². The van der Waals surface area contributed by atoms with Gasteiger partial charge in [0, 0.05) is 33.3 Å². The van der Waals surface area contributed by atoms with Gasteiger partial charge >= 0.3 is 5.69 Å². The van der Waals surface area contributed by atoms with Crippen LogP contribution in [-0.4, -0.2) is 52.5 Å². The first kappa shape index (κ1) is 20.8. The van der Waals surface area contributed by atoms with E-state index in [1.165, 1.54) is 54.8 Å². The van der Waals surface area contributed by atoms with Gasteiger partial charge in [-0.25, -0.2) is 31.9 Å². The Balaban J connectivity index is 2.23. The van der Waals surface area contributed by atoms with Gasteiger partial charge in [-0.15, -0.1) is 0 Å². The summed E-state index contributed by atoms with van der Waals surface area (Å²) in [5.74, 6) is -0.554. The topological polar surface area (TPSA) is 116 Å². The van der Waals surface area contributed by atoms with Crippen molar-refractivity contribution in [2.75, 3.05) is 20.6 Å². The predicted molar refractivity (Wildman–Crippen MR) is 107 cm³/mol. The monoisotopic (exact) mass is 420 g/mol. The highest BCUT2D eigenvalue weighted by molar-refractivity contribution is 7.89. The molecule has 0 unspecified atom stereocenters. The van der Waals surface area contributed by atoms with E-state index in [1.807, 2.05) is 0 Å². The van der Waals surface area contributed by atoms with Crippen molar-refractivity contribution in [3.63, 3.8) is 0 Å². The third kappa shape index (κ3) is 3.71. The number of hydrogen-bond donors (Lipinski definition) is 1. The summed E-state index contributed by atoms with van der Waals surface area (Å²) >= 11 is 0. The summed E-state index contributed by atoms with van der Waals surface area (Å²) in [4.78, 5) is 21.1.